The highest BCUT2D eigenvalue weighted by Crippen LogP contribution is 2.36. The van der Waals surface area contributed by atoms with Crippen LogP contribution in [0.3, 0.4) is 0 Å². The Bertz CT molecular complexity index is 1410. The van der Waals surface area contributed by atoms with Crippen LogP contribution in [0.25, 0.3) is 28.0 Å². The van der Waals surface area contributed by atoms with E-state index in [1.165, 1.54) is 0 Å². The molecule has 0 aliphatic carbocycles. The molecule has 1 saturated heterocycles. The van der Waals surface area contributed by atoms with Gasteiger partial charge in [-0.05, 0) is 68.8 Å². The Balaban J connectivity index is 1.66. The van der Waals surface area contributed by atoms with E-state index in [-0.39, 0.29) is 11.9 Å². The quantitative estimate of drug-likeness (QED) is 0.438. The van der Waals surface area contributed by atoms with Gasteiger partial charge in [-0.2, -0.15) is 10.4 Å². The molecule has 0 saturated carbocycles. The van der Waals surface area contributed by atoms with Crippen LogP contribution >= 0.6 is 11.6 Å². The van der Waals surface area contributed by atoms with Crippen molar-refractivity contribution >= 4 is 23.2 Å². The first-order valence-corrected chi connectivity index (χ1v) is 11.5. The van der Waals surface area contributed by atoms with Crippen molar-refractivity contribution in [1.29, 1.82) is 5.26 Å². The maximum absolute atomic E-state index is 13.0. The lowest BCUT2D eigenvalue weighted by Crippen LogP contribution is -2.42. The summed E-state index contributed by atoms with van der Waals surface area (Å²) in [5, 5.41) is 20.9. The number of nitrogens with zero attached hydrogens (tertiary/aromatic N) is 5. The molecule has 34 heavy (non-hydrogen) atoms. The van der Waals surface area contributed by atoms with Crippen LogP contribution in [0, 0.1) is 18.3 Å². The number of amides is 1. The number of halogens is 1. The number of fused-ring (bicyclic) bond motifs is 1. The van der Waals surface area contributed by atoms with Gasteiger partial charge in [-0.25, -0.2) is 14.5 Å². The topological polar surface area (TPSA) is 108 Å². The number of nitrogens with one attached hydrogen (secondary N) is 2. The zero-order valence-electron chi connectivity index (χ0n) is 18.5. The summed E-state index contributed by atoms with van der Waals surface area (Å²) in [7, 11) is 0. The predicted molar refractivity (Wildman–Crippen MR) is 129 cm³/mol. The number of benzene rings is 1. The van der Waals surface area contributed by atoms with Gasteiger partial charge >= 0.3 is 0 Å². The van der Waals surface area contributed by atoms with Gasteiger partial charge in [-0.1, -0.05) is 23.7 Å². The summed E-state index contributed by atoms with van der Waals surface area (Å²) >= 11 is 6.28. The van der Waals surface area contributed by atoms with Crippen LogP contribution in [0.4, 0.5) is 0 Å². The predicted octanol–water partition coefficient (Wildman–Crippen LogP) is 3.77. The average molecular weight is 472 g/mol. The maximum atomic E-state index is 13.0. The molecule has 1 aliphatic heterocycles. The van der Waals surface area contributed by atoms with E-state index < -0.39 is 0 Å². The first kappa shape index (κ1) is 22.0. The summed E-state index contributed by atoms with van der Waals surface area (Å²) in [4.78, 5) is 22.0. The first-order valence-electron chi connectivity index (χ1n) is 11.1. The summed E-state index contributed by atoms with van der Waals surface area (Å²) in [6, 6.07) is 14.9. The molecular weight excluding hydrogens is 450 g/mol. The van der Waals surface area contributed by atoms with Crippen LogP contribution < -0.4 is 10.6 Å². The summed E-state index contributed by atoms with van der Waals surface area (Å²) in [5.41, 5.74) is 5.04. The number of hydrogen-bond acceptors (Lipinski definition) is 6. The van der Waals surface area contributed by atoms with E-state index in [9.17, 15) is 10.1 Å². The molecule has 0 spiro atoms. The molecule has 0 radical (unpaired) electrons. The fraction of sp³-hybridized carbons (Fsp3) is 0.240. The van der Waals surface area contributed by atoms with E-state index in [4.69, 9.17) is 21.7 Å². The fourth-order valence-electron chi connectivity index (χ4n) is 4.26. The highest BCUT2D eigenvalue weighted by molar-refractivity contribution is 6.29. The van der Waals surface area contributed by atoms with Gasteiger partial charge in [0, 0.05) is 23.5 Å². The Kier molecular flexibility index (Phi) is 5.97. The molecule has 2 N–H and O–H groups in total. The second-order valence-electron chi connectivity index (χ2n) is 8.31. The Hall–Kier alpha value is -3.80. The second kappa shape index (κ2) is 9.21. The van der Waals surface area contributed by atoms with Gasteiger partial charge in [0.2, 0.25) is 0 Å². The third-order valence-electron chi connectivity index (χ3n) is 5.87. The van der Waals surface area contributed by atoms with Crippen molar-refractivity contribution in [3.05, 3.63) is 70.8 Å². The molecule has 1 aromatic carbocycles. The highest BCUT2D eigenvalue weighted by atomic mass is 35.5. The molecule has 4 heterocycles. The number of carbonyl (C=O) groups is 1. The number of pyridine rings is 1. The third-order valence-corrected chi connectivity index (χ3v) is 6.06. The standard InChI is InChI=1S/C25H22ClN7O/c1-15-11-18(13-21(26)29-15)22-23(17-4-2-3-16(12-17)14-27)32-33-10-7-20(31-24(22)33)25(34)30-19-5-8-28-9-6-19/h2-4,7,10-13,19,28H,5-6,8-9H2,1H3,(H,30,34). The Labute approximate surface area is 201 Å². The van der Waals surface area contributed by atoms with E-state index in [1.54, 1.807) is 35.0 Å². The molecule has 1 fully saturated rings. The molecule has 8 nitrogen and oxygen atoms in total. The molecule has 1 amide bonds. The number of aromatic nitrogens is 4. The monoisotopic (exact) mass is 471 g/mol. The van der Waals surface area contributed by atoms with Crippen LogP contribution in [0.2, 0.25) is 5.15 Å². The molecule has 3 aromatic heterocycles. The zero-order valence-corrected chi connectivity index (χ0v) is 19.3. The minimum absolute atomic E-state index is 0.127. The number of carbonyl (C=O) groups excluding carboxylic acids is 1. The minimum Gasteiger partial charge on any atom is -0.348 e. The summed E-state index contributed by atoms with van der Waals surface area (Å²) in [5.74, 6) is -0.210. The van der Waals surface area contributed by atoms with Gasteiger partial charge in [0.05, 0.1) is 17.2 Å². The molecule has 9 heteroatoms. The van der Waals surface area contributed by atoms with Gasteiger partial charge < -0.3 is 10.6 Å². The summed E-state index contributed by atoms with van der Waals surface area (Å²) in [6.07, 6.45) is 3.51. The molecule has 0 unspecified atom stereocenters. The average Bonchev–Trinajstić information content (AvgIpc) is 3.23. The number of nitriles is 1. The van der Waals surface area contributed by atoms with Crippen molar-refractivity contribution in [2.75, 3.05) is 13.1 Å². The number of aryl methyl sites for hydroxylation is 1. The molecule has 5 rings (SSSR count). The number of rotatable bonds is 4. The van der Waals surface area contributed by atoms with E-state index in [2.05, 4.69) is 21.7 Å². The maximum Gasteiger partial charge on any atom is 0.270 e. The normalized spacial score (nSPS) is 14.1. The van der Waals surface area contributed by atoms with Crippen molar-refractivity contribution in [3.63, 3.8) is 0 Å². The summed E-state index contributed by atoms with van der Waals surface area (Å²) in [6.45, 7) is 3.64. The zero-order chi connectivity index (χ0) is 23.7. The lowest BCUT2D eigenvalue weighted by atomic mass is 10.00. The molecule has 1 aliphatic rings. The third kappa shape index (κ3) is 4.36. The minimum atomic E-state index is -0.210. The smallest absolute Gasteiger partial charge is 0.270 e. The number of piperidine rings is 1. The molecular formula is C25H22ClN7O. The first-order chi connectivity index (χ1) is 16.5. The van der Waals surface area contributed by atoms with E-state index in [1.807, 2.05) is 25.1 Å². The van der Waals surface area contributed by atoms with Crippen LogP contribution in [-0.4, -0.2) is 44.6 Å². The van der Waals surface area contributed by atoms with Crippen LogP contribution in [0.15, 0.2) is 48.7 Å². The second-order valence-corrected chi connectivity index (χ2v) is 8.70. The van der Waals surface area contributed by atoms with Crippen LogP contribution in [0.1, 0.15) is 34.6 Å². The molecule has 170 valence electrons. The van der Waals surface area contributed by atoms with Gasteiger partial charge in [-0.3, -0.25) is 4.79 Å². The van der Waals surface area contributed by atoms with Crippen molar-refractivity contribution in [1.82, 2.24) is 30.2 Å². The van der Waals surface area contributed by atoms with Gasteiger partial charge in [0.25, 0.3) is 5.91 Å². The fourth-order valence-corrected chi connectivity index (χ4v) is 4.51. The van der Waals surface area contributed by atoms with E-state index in [0.717, 1.165) is 48.3 Å². The van der Waals surface area contributed by atoms with Crippen molar-refractivity contribution in [2.45, 2.75) is 25.8 Å². The molecule has 0 atom stereocenters. The Morgan fingerprint density at radius 3 is 2.76 bits per heavy atom. The largest absolute Gasteiger partial charge is 0.348 e. The SMILES string of the molecule is Cc1cc(-c2c(-c3cccc(C#N)c3)nn3ccc(C(=O)NC4CCNCC4)nc23)cc(Cl)n1. The van der Waals surface area contributed by atoms with Crippen LogP contribution in [0.5, 0.6) is 0 Å². The molecule has 4 aromatic rings. The van der Waals surface area contributed by atoms with Gasteiger partial charge in [0.1, 0.15) is 16.5 Å². The van der Waals surface area contributed by atoms with Gasteiger partial charge in [0.15, 0.2) is 5.65 Å². The van der Waals surface area contributed by atoms with Crippen molar-refractivity contribution in [2.24, 2.45) is 0 Å². The number of hydrogen-bond donors (Lipinski definition) is 2. The highest BCUT2D eigenvalue weighted by Gasteiger charge is 2.22. The summed E-state index contributed by atoms with van der Waals surface area (Å²) < 4.78 is 1.65. The van der Waals surface area contributed by atoms with E-state index >= 15 is 0 Å². The van der Waals surface area contributed by atoms with E-state index in [0.29, 0.717) is 27.8 Å². The lowest BCUT2D eigenvalue weighted by Gasteiger charge is -2.23. The molecule has 0 bridgehead atoms. The van der Waals surface area contributed by atoms with Gasteiger partial charge in [-0.15, -0.1) is 0 Å². The van der Waals surface area contributed by atoms with Crippen molar-refractivity contribution < 1.29 is 4.79 Å². The van der Waals surface area contributed by atoms with Crippen LogP contribution in [-0.2, 0) is 0 Å². The Morgan fingerprint density at radius 1 is 1.18 bits per heavy atom. The Morgan fingerprint density at radius 2 is 2.00 bits per heavy atom. The van der Waals surface area contributed by atoms with Crippen molar-refractivity contribution in [3.8, 4) is 28.5 Å². The lowest BCUT2D eigenvalue weighted by molar-refractivity contribution is 0.0924.